The van der Waals surface area contributed by atoms with Crippen molar-refractivity contribution in [3.63, 3.8) is 0 Å². The van der Waals surface area contributed by atoms with Gasteiger partial charge in [0.2, 0.25) is 0 Å². The molecule has 0 radical (unpaired) electrons. The zero-order valence-corrected chi connectivity index (χ0v) is 17.5. The largest absolute Gasteiger partial charge is 0.300 e. The standard InChI is InChI=1S/C26H30N2O2/c29-25(13-11-23-7-3-1-4-8-23)15-17-27-19-21-28(22-20-27)18-16-26(30)14-12-24-9-5-2-6-10-24/h1-14H,15-22H2/b13-11+,14-12+. The summed E-state index contributed by atoms with van der Waals surface area (Å²) >= 11 is 0. The first kappa shape index (κ1) is 21.9. The fourth-order valence-electron chi connectivity index (χ4n) is 3.45. The van der Waals surface area contributed by atoms with Gasteiger partial charge in [-0.2, -0.15) is 0 Å². The van der Waals surface area contributed by atoms with Crippen LogP contribution in [-0.4, -0.2) is 60.6 Å². The van der Waals surface area contributed by atoms with E-state index in [4.69, 9.17) is 0 Å². The summed E-state index contributed by atoms with van der Waals surface area (Å²) in [6.45, 7) is 5.38. The first-order valence-electron chi connectivity index (χ1n) is 10.7. The maximum absolute atomic E-state index is 12.1. The van der Waals surface area contributed by atoms with E-state index in [0.717, 1.165) is 50.4 Å². The highest BCUT2D eigenvalue weighted by Gasteiger charge is 2.17. The SMILES string of the molecule is O=C(/C=C/c1ccccc1)CCN1CCN(CCC(=O)/C=C/c2ccccc2)CC1. The monoisotopic (exact) mass is 402 g/mol. The van der Waals surface area contributed by atoms with Crippen LogP contribution in [0.2, 0.25) is 0 Å². The van der Waals surface area contributed by atoms with Gasteiger partial charge in [0, 0.05) is 52.1 Å². The van der Waals surface area contributed by atoms with Gasteiger partial charge in [-0.25, -0.2) is 0 Å². The van der Waals surface area contributed by atoms with Crippen molar-refractivity contribution < 1.29 is 9.59 Å². The van der Waals surface area contributed by atoms with E-state index in [1.165, 1.54) is 0 Å². The molecule has 0 spiro atoms. The molecule has 2 aromatic carbocycles. The van der Waals surface area contributed by atoms with E-state index in [9.17, 15) is 9.59 Å². The quantitative estimate of drug-likeness (QED) is 0.564. The van der Waals surface area contributed by atoms with Crippen LogP contribution >= 0.6 is 0 Å². The van der Waals surface area contributed by atoms with Crippen molar-refractivity contribution in [3.05, 3.63) is 83.9 Å². The number of piperazine rings is 1. The predicted octanol–water partition coefficient (Wildman–Crippen LogP) is 3.95. The Balaban J connectivity index is 1.30. The van der Waals surface area contributed by atoms with E-state index in [2.05, 4.69) is 9.80 Å². The van der Waals surface area contributed by atoms with Crippen LogP contribution in [0.25, 0.3) is 12.2 Å². The maximum atomic E-state index is 12.1. The van der Waals surface area contributed by atoms with Gasteiger partial charge in [0.05, 0.1) is 0 Å². The molecule has 30 heavy (non-hydrogen) atoms. The molecule has 1 heterocycles. The Morgan fingerprint density at radius 3 is 1.37 bits per heavy atom. The van der Waals surface area contributed by atoms with Crippen LogP contribution in [0.5, 0.6) is 0 Å². The molecule has 3 rings (SSSR count). The van der Waals surface area contributed by atoms with Crippen LogP contribution in [0, 0.1) is 0 Å². The molecule has 2 aromatic rings. The van der Waals surface area contributed by atoms with Gasteiger partial charge in [-0.3, -0.25) is 9.59 Å². The normalized spacial score (nSPS) is 15.7. The zero-order valence-electron chi connectivity index (χ0n) is 17.5. The number of rotatable bonds is 10. The van der Waals surface area contributed by atoms with E-state index in [1.807, 2.05) is 72.8 Å². The van der Waals surface area contributed by atoms with Crippen LogP contribution in [0.1, 0.15) is 24.0 Å². The van der Waals surface area contributed by atoms with Crippen molar-refractivity contribution in [3.8, 4) is 0 Å². The third kappa shape index (κ3) is 7.90. The zero-order chi connectivity index (χ0) is 21.0. The Morgan fingerprint density at radius 2 is 1.00 bits per heavy atom. The third-order valence-electron chi connectivity index (χ3n) is 5.34. The average molecular weight is 403 g/mol. The Labute approximate surface area is 179 Å². The second kappa shape index (κ2) is 12.0. The average Bonchev–Trinajstić information content (AvgIpc) is 2.80. The fraction of sp³-hybridized carbons (Fsp3) is 0.308. The lowest BCUT2D eigenvalue weighted by Crippen LogP contribution is -2.47. The van der Waals surface area contributed by atoms with Gasteiger partial charge >= 0.3 is 0 Å². The lowest BCUT2D eigenvalue weighted by molar-refractivity contribution is -0.116. The molecule has 1 fully saturated rings. The number of hydrogen-bond donors (Lipinski definition) is 0. The molecule has 0 bridgehead atoms. The van der Waals surface area contributed by atoms with Gasteiger partial charge in [-0.05, 0) is 23.3 Å². The van der Waals surface area contributed by atoms with Gasteiger partial charge < -0.3 is 9.80 Å². The van der Waals surface area contributed by atoms with Gasteiger partial charge in [-0.1, -0.05) is 72.8 Å². The summed E-state index contributed by atoms with van der Waals surface area (Å²) in [6, 6.07) is 19.8. The van der Waals surface area contributed by atoms with E-state index < -0.39 is 0 Å². The molecule has 0 atom stereocenters. The fourth-order valence-corrected chi connectivity index (χ4v) is 3.45. The lowest BCUT2D eigenvalue weighted by Gasteiger charge is -2.34. The van der Waals surface area contributed by atoms with Crippen LogP contribution in [0.4, 0.5) is 0 Å². The van der Waals surface area contributed by atoms with Gasteiger partial charge in [-0.15, -0.1) is 0 Å². The van der Waals surface area contributed by atoms with Crippen molar-refractivity contribution in [1.82, 2.24) is 9.80 Å². The number of ketones is 2. The summed E-state index contributed by atoms with van der Waals surface area (Å²) < 4.78 is 0. The van der Waals surface area contributed by atoms with Crippen molar-refractivity contribution in [2.24, 2.45) is 0 Å². The molecule has 0 saturated carbocycles. The molecule has 0 aromatic heterocycles. The first-order chi connectivity index (χ1) is 14.7. The minimum Gasteiger partial charge on any atom is -0.300 e. The lowest BCUT2D eigenvalue weighted by atomic mass is 10.1. The molecular formula is C26H30N2O2. The van der Waals surface area contributed by atoms with Crippen molar-refractivity contribution in [1.29, 1.82) is 0 Å². The smallest absolute Gasteiger partial charge is 0.156 e. The minimum absolute atomic E-state index is 0.164. The summed E-state index contributed by atoms with van der Waals surface area (Å²) in [5, 5.41) is 0. The minimum atomic E-state index is 0.164. The molecule has 0 unspecified atom stereocenters. The van der Waals surface area contributed by atoms with Crippen molar-refractivity contribution in [2.45, 2.75) is 12.8 Å². The van der Waals surface area contributed by atoms with Crippen LogP contribution in [-0.2, 0) is 9.59 Å². The van der Waals surface area contributed by atoms with Gasteiger partial charge in [0.15, 0.2) is 11.6 Å². The highest BCUT2D eigenvalue weighted by Crippen LogP contribution is 2.07. The highest BCUT2D eigenvalue weighted by molar-refractivity contribution is 5.94. The molecule has 1 aliphatic rings. The molecule has 0 aliphatic carbocycles. The van der Waals surface area contributed by atoms with E-state index >= 15 is 0 Å². The van der Waals surface area contributed by atoms with Crippen LogP contribution in [0.3, 0.4) is 0 Å². The topological polar surface area (TPSA) is 40.6 Å². The molecule has 1 saturated heterocycles. The molecule has 4 nitrogen and oxygen atoms in total. The maximum Gasteiger partial charge on any atom is 0.156 e. The number of carbonyl (C=O) groups is 2. The predicted molar refractivity (Wildman–Crippen MR) is 123 cm³/mol. The second-order valence-corrected chi connectivity index (χ2v) is 7.60. The van der Waals surface area contributed by atoms with Crippen LogP contribution < -0.4 is 0 Å². The van der Waals surface area contributed by atoms with Crippen LogP contribution in [0.15, 0.2) is 72.8 Å². The Morgan fingerprint density at radius 1 is 0.633 bits per heavy atom. The van der Waals surface area contributed by atoms with Gasteiger partial charge in [0.1, 0.15) is 0 Å². The van der Waals surface area contributed by atoms with Crippen molar-refractivity contribution >= 4 is 23.7 Å². The van der Waals surface area contributed by atoms with Gasteiger partial charge in [0.25, 0.3) is 0 Å². The number of carbonyl (C=O) groups excluding carboxylic acids is 2. The summed E-state index contributed by atoms with van der Waals surface area (Å²) in [6.07, 6.45) is 8.21. The Hall–Kier alpha value is -2.82. The van der Waals surface area contributed by atoms with Crippen molar-refractivity contribution in [2.75, 3.05) is 39.3 Å². The first-order valence-corrected chi connectivity index (χ1v) is 10.7. The van der Waals surface area contributed by atoms with E-state index in [-0.39, 0.29) is 11.6 Å². The number of allylic oxidation sites excluding steroid dienone is 2. The molecule has 0 N–H and O–H groups in total. The molecule has 156 valence electrons. The third-order valence-corrected chi connectivity index (χ3v) is 5.34. The summed E-state index contributed by atoms with van der Waals surface area (Å²) in [4.78, 5) is 28.9. The molecule has 0 amide bonds. The molecule has 1 aliphatic heterocycles. The number of nitrogens with zero attached hydrogens (tertiary/aromatic N) is 2. The Kier molecular flexibility index (Phi) is 8.76. The van der Waals surface area contributed by atoms with E-state index in [0.29, 0.717) is 12.8 Å². The number of hydrogen-bond acceptors (Lipinski definition) is 4. The second-order valence-electron chi connectivity index (χ2n) is 7.60. The number of benzene rings is 2. The molecular weight excluding hydrogens is 372 g/mol. The van der Waals surface area contributed by atoms with E-state index in [1.54, 1.807) is 12.2 Å². The summed E-state index contributed by atoms with van der Waals surface area (Å²) in [5.41, 5.74) is 2.10. The highest BCUT2D eigenvalue weighted by atomic mass is 16.1. The summed E-state index contributed by atoms with van der Waals surface area (Å²) in [7, 11) is 0. The summed E-state index contributed by atoms with van der Waals surface area (Å²) in [5.74, 6) is 0.328. The Bertz CT molecular complexity index is 778. The molecule has 4 heteroatoms.